The Bertz CT molecular complexity index is 251. The molecule has 88 valence electrons. The summed E-state index contributed by atoms with van der Waals surface area (Å²) < 4.78 is 0. The molecule has 0 saturated heterocycles. The molecule has 0 aliphatic heterocycles. The smallest absolute Gasteiger partial charge is 0.323 e. The van der Waals surface area contributed by atoms with Crippen molar-refractivity contribution in [2.45, 2.75) is 45.7 Å². The number of amides is 1. The highest BCUT2D eigenvalue weighted by Gasteiger charge is 2.39. The van der Waals surface area contributed by atoms with E-state index < -0.39 is 23.5 Å². The van der Waals surface area contributed by atoms with Gasteiger partial charge in [-0.05, 0) is 26.8 Å². The molecule has 0 bridgehead atoms. The molecule has 0 aromatic heterocycles. The molecular formula is C10H20N2O3. The number of hydrogen-bond donors (Lipinski definition) is 2. The van der Waals surface area contributed by atoms with Crippen LogP contribution >= 0.6 is 0 Å². The lowest BCUT2D eigenvalue weighted by molar-refractivity contribution is -0.152. The van der Waals surface area contributed by atoms with E-state index >= 15 is 0 Å². The number of hydrogen-bond acceptors (Lipinski definition) is 3. The summed E-state index contributed by atoms with van der Waals surface area (Å²) in [5.74, 6) is -1.43. The van der Waals surface area contributed by atoms with Gasteiger partial charge in [0.25, 0.3) is 0 Å². The Balaban J connectivity index is 5.04. The summed E-state index contributed by atoms with van der Waals surface area (Å²) in [5.41, 5.74) is 4.17. The van der Waals surface area contributed by atoms with Gasteiger partial charge in [-0.15, -0.1) is 0 Å². The maximum absolute atomic E-state index is 11.2. The molecule has 0 aromatic carbocycles. The van der Waals surface area contributed by atoms with Crippen molar-refractivity contribution < 1.29 is 14.7 Å². The molecule has 5 heteroatoms. The van der Waals surface area contributed by atoms with Gasteiger partial charge in [0.2, 0.25) is 5.91 Å². The minimum Gasteiger partial charge on any atom is -0.480 e. The van der Waals surface area contributed by atoms with E-state index in [0.29, 0.717) is 13.0 Å². The predicted octanol–water partition coefficient (Wildman–Crippen LogP) is 0.435. The molecular weight excluding hydrogens is 196 g/mol. The first-order chi connectivity index (χ1) is 6.78. The zero-order valence-corrected chi connectivity index (χ0v) is 9.78. The van der Waals surface area contributed by atoms with Crippen molar-refractivity contribution in [2.75, 3.05) is 6.54 Å². The van der Waals surface area contributed by atoms with E-state index in [4.69, 9.17) is 10.8 Å². The van der Waals surface area contributed by atoms with Crippen LogP contribution in [0.4, 0.5) is 0 Å². The second-order valence-electron chi connectivity index (χ2n) is 3.98. The average Bonchev–Trinajstić information content (AvgIpc) is 2.12. The Hall–Kier alpha value is -1.10. The van der Waals surface area contributed by atoms with E-state index in [0.717, 1.165) is 0 Å². The van der Waals surface area contributed by atoms with Crippen LogP contribution in [-0.4, -0.2) is 40.0 Å². The molecule has 15 heavy (non-hydrogen) atoms. The second kappa shape index (κ2) is 5.11. The maximum atomic E-state index is 11.2. The zero-order valence-electron chi connectivity index (χ0n) is 9.78. The molecule has 0 rings (SSSR count). The van der Waals surface area contributed by atoms with Crippen molar-refractivity contribution >= 4 is 11.9 Å². The lowest BCUT2D eigenvalue weighted by Crippen LogP contribution is -2.58. The highest BCUT2D eigenvalue weighted by atomic mass is 16.4. The summed E-state index contributed by atoms with van der Waals surface area (Å²) >= 11 is 0. The van der Waals surface area contributed by atoms with Gasteiger partial charge in [-0.25, -0.2) is 0 Å². The van der Waals surface area contributed by atoms with Gasteiger partial charge in [-0.1, -0.05) is 13.8 Å². The fraction of sp³-hybridized carbons (Fsp3) is 0.800. The maximum Gasteiger partial charge on any atom is 0.323 e. The van der Waals surface area contributed by atoms with Crippen LogP contribution in [0.3, 0.4) is 0 Å². The second-order valence-corrected chi connectivity index (χ2v) is 3.98. The number of likely N-dealkylation sites (N-methyl/N-ethyl adjacent to an activating group) is 1. The zero-order chi connectivity index (χ0) is 12.2. The van der Waals surface area contributed by atoms with Crippen LogP contribution in [0.15, 0.2) is 0 Å². The minimum absolute atomic E-state index is 0.473. The van der Waals surface area contributed by atoms with Crippen molar-refractivity contribution in [1.82, 2.24) is 4.90 Å². The van der Waals surface area contributed by atoms with Crippen molar-refractivity contribution in [3.8, 4) is 0 Å². The molecule has 3 N–H and O–H groups in total. The van der Waals surface area contributed by atoms with E-state index in [2.05, 4.69) is 0 Å². The van der Waals surface area contributed by atoms with E-state index in [1.165, 1.54) is 0 Å². The number of carbonyl (C=O) groups excluding carboxylic acids is 1. The molecule has 0 heterocycles. The highest BCUT2D eigenvalue weighted by molar-refractivity contribution is 5.83. The Morgan fingerprint density at radius 2 is 1.87 bits per heavy atom. The van der Waals surface area contributed by atoms with Gasteiger partial charge >= 0.3 is 5.97 Å². The monoisotopic (exact) mass is 216 g/mol. The largest absolute Gasteiger partial charge is 0.480 e. The van der Waals surface area contributed by atoms with Gasteiger partial charge in [0.15, 0.2) is 0 Å². The van der Waals surface area contributed by atoms with Gasteiger partial charge < -0.3 is 10.8 Å². The predicted molar refractivity (Wildman–Crippen MR) is 57.4 cm³/mol. The van der Waals surface area contributed by atoms with Crippen molar-refractivity contribution in [1.29, 1.82) is 0 Å². The first kappa shape index (κ1) is 13.9. The molecule has 1 atom stereocenters. The Morgan fingerprint density at radius 3 is 2.07 bits per heavy atom. The van der Waals surface area contributed by atoms with Crippen LogP contribution in [0.25, 0.3) is 0 Å². The topological polar surface area (TPSA) is 83.6 Å². The van der Waals surface area contributed by atoms with Crippen LogP contribution in [-0.2, 0) is 9.59 Å². The van der Waals surface area contributed by atoms with Crippen LogP contribution in [0.5, 0.6) is 0 Å². The summed E-state index contributed by atoms with van der Waals surface area (Å²) in [4.78, 5) is 23.9. The molecule has 0 radical (unpaired) electrons. The molecule has 1 unspecified atom stereocenters. The third kappa shape index (κ3) is 2.92. The van der Waals surface area contributed by atoms with Gasteiger partial charge in [-0.2, -0.15) is 0 Å². The fourth-order valence-electron chi connectivity index (χ4n) is 1.70. The van der Waals surface area contributed by atoms with E-state index in [-0.39, 0.29) is 0 Å². The molecule has 0 aromatic rings. The highest BCUT2D eigenvalue weighted by Crippen LogP contribution is 2.19. The Kier molecular flexibility index (Phi) is 4.74. The summed E-state index contributed by atoms with van der Waals surface area (Å²) in [6.45, 7) is 7.25. The quantitative estimate of drug-likeness (QED) is 0.674. The molecule has 0 fully saturated rings. The molecule has 0 saturated carbocycles. The number of carboxylic acid groups (broad SMARTS) is 1. The van der Waals surface area contributed by atoms with E-state index in [1.807, 2.05) is 13.8 Å². The summed E-state index contributed by atoms with van der Waals surface area (Å²) in [5, 5.41) is 9.08. The summed E-state index contributed by atoms with van der Waals surface area (Å²) in [6, 6.07) is -0.527. The molecule has 0 aliphatic carbocycles. The average molecular weight is 216 g/mol. The third-order valence-electron chi connectivity index (χ3n) is 2.67. The number of rotatable bonds is 6. The van der Waals surface area contributed by atoms with Gasteiger partial charge in [0, 0.05) is 0 Å². The SMILES string of the molecule is CCC(C(N)=O)N(CC)C(C)(C)C(=O)O. The fourth-order valence-corrected chi connectivity index (χ4v) is 1.70. The molecule has 0 aliphatic rings. The number of carbonyl (C=O) groups is 2. The number of nitrogens with zero attached hydrogens (tertiary/aromatic N) is 1. The van der Waals surface area contributed by atoms with Gasteiger partial charge in [0.05, 0.1) is 6.04 Å². The normalized spacial score (nSPS) is 13.9. The molecule has 5 nitrogen and oxygen atoms in total. The molecule has 0 spiro atoms. The lowest BCUT2D eigenvalue weighted by Gasteiger charge is -2.38. The first-order valence-corrected chi connectivity index (χ1v) is 5.08. The number of aliphatic carboxylic acids is 1. The minimum atomic E-state index is -1.08. The number of carboxylic acids is 1. The number of nitrogens with two attached hydrogens (primary N) is 1. The van der Waals surface area contributed by atoms with Crippen LogP contribution in [0.2, 0.25) is 0 Å². The third-order valence-corrected chi connectivity index (χ3v) is 2.67. The van der Waals surface area contributed by atoms with Crippen LogP contribution in [0, 0.1) is 0 Å². The lowest BCUT2D eigenvalue weighted by atomic mass is 9.99. The Labute approximate surface area is 90.2 Å². The van der Waals surface area contributed by atoms with E-state index in [9.17, 15) is 9.59 Å². The van der Waals surface area contributed by atoms with Crippen LogP contribution < -0.4 is 5.73 Å². The summed E-state index contributed by atoms with van der Waals surface area (Å²) in [7, 11) is 0. The Morgan fingerprint density at radius 1 is 1.40 bits per heavy atom. The number of primary amides is 1. The van der Waals surface area contributed by atoms with Gasteiger partial charge in [0.1, 0.15) is 5.54 Å². The first-order valence-electron chi connectivity index (χ1n) is 5.08. The van der Waals surface area contributed by atoms with Crippen LogP contribution in [0.1, 0.15) is 34.1 Å². The van der Waals surface area contributed by atoms with Crippen molar-refractivity contribution in [2.24, 2.45) is 5.73 Å². The standard InChI is InChI=1S/C10H20N2O3/c1-5-7(8(11)13)12(6-2)10(3,4)9(14)15/h7H,5-6H2,1-4H3,(H2,11,13)(H,14,15). The van der Waals surface area contributed by atoms with Crippen molar-refractivity contribution in [3.63, 3.8) is 0 Å². The van der Waals surface area contributed by atoms with Crippen molar-refractivity contribution in [3.05, 3.63) is 0 Å². The molecule has 1 amide bonds. The van der Waals surface area contributed by atoms with E-state index in [1.54, 1.807) is 18.7 Å². The summed E-state index contributed by atoms with van der Waals surface area (Å²) in [6.07, 6.45) is 0.514. The van der Waals surface area contributed by atoms with Gasteiger partial charge in [-0.3, -0.25) is 14.5 Å².